The molecule has 2 amide bonds. The molecular formula is C30H30N2O7. The Morgan fingerprint density at radius 1 is 0.949 bits per heavy atom. The van der Waals surface area contributed by atoms with Crippen molar-refractivity contribution < 1.29 is 33.6 Å². The third-order valence-electron chi connectivity index (χ3n) is 7.38. The molecule has 0 radical (unpaired) electrons. The molecule has 0 saturated carbocycles. The molecule has 6 rings (SSSR count). The molecule has 3 heterocycles. The Bertz CT molecular complexity index is 1360. The van der Waals surface area contributed by atoms with Gasteiger partial charge in [0.05, 0.1) is 19.1 Å². The first-order chi connectivity index (χ1) is 19.1. The Balaban J connectivity index is 1.10. The monoisotopic (exact) mass is 530 g/mol. The van der Waals surface area contributed by atoms with E-state index < -0.39 is 6.10 Å². The van der Waals surface area contributed by atoms with Crippen molar-refractivity contribution in [3.63, 3.8) is 0 Å². The first kappa shape index (κ1) is 25.2. The Labute approximate surface area is 226 Å². The summed E-state index contributed by atoms with van der Waals surface area (Å²) in [6, 6.07) is 20.6. The molecule has 0 spiro atoms. The van der Waals surface area contributed by atoms with Gasteiger partial charge in [-0.2, -0.15) is 0 Å². The summed E-state index contributed by atoms with van der Waals surface area (Å²) in [4.78, 5) is 25.6. The molecule has 1 saturated heterocycles. The molecule has 1 fully saturated rings. The van der Waals surface area contributed by atoms with Crippen LogP contribution < -0.4 is 24.8 Å². The van der Waals surface area contributed by atoms with Crippen LogP contribution in [0.1, 0.15) is 40.2 Å². The van der Waals surface area contributed by atoms with Gasteiger partial charge in [0, 0.05) is 29.3 Å². The van der Waals surface area contributed by atoms with Crippen LogP contribution in [-0.2, 0) is 16.0 Å². The second-order valence-corrected chi connectivity index (χ2v) is 9.97. The minimum Gasteiger partial charge on any atom is -0.487 e. The fourth-order valence-corrected chi connectivity index (χ4v) is 5.48. The van der Waals surface area contributed by atoms with E-state index in [2.05, 4.69) is 10.6 Å². The van der Waals surface area contributed by atoms with Crippen LogP contribution >= 0.6 is 0 Å². The third kappa shape index (κ3) is 5.41. The van der Waals surface area contributed by atoms with E-state index in [9.17, 15) is 14.7 Å². The van der Waals surface area contributed by atoms with Crippen LogP contribution in [0, 0.1) is 0 Å². The zero-order valence-electron chi connectivity index (χ0n) is 21.3. The maximum absolute atomic E-state index is 12.9. The Hall–Kier alpha value is -4.08. The fourth-order valence-electron chi connectivity index (χ4n) is 5.48. The molecule has 3 N–H and O–H groups in total. The number of carbonyl (C=O) groups is 2. The molecule has 0 unspecified atom stereocenters. The number of fused-ring (bicyclic) bond motifs is 4. The van der Waals surface area contributed by atoms with Gasteiger partial charge in [-0.25, -0.2) is 0 Å². The minimum absolute atomic E-state index is 0.0737. The van der Waals surface area contributed by atoms with Crippen LogP contribution in [0.25, 0.3) is 0 Å². The van der Waals surface area contributed by atoms with E-state index in [-0.39, 0.29) is 49.8 Å². The highest BCUT2D eigenvalue weighted by molar-refractivity contribution is 6.04. The lowest BCUT2D eigenvalue weighted by Gasteiger charge is -2.37. The molecule has 0 aliphatic carbocycles. The van der Waals surface area contributed by atoms with Crippen LogP contribution in [-0.4, -0.2) is 55.2 Å². The quantitative estimate of drug-likeness (QED) is 0.409. The summed E-state index contributed by atoms with van der Waals surface area (Å²) in [5, 5.41) is 15.9. The average Bonchev–Trinajstić information content (AvgIpc) is 3.57. The Morgan fingerprint density at radius 2 is 1.77 bits per heavy atom. The molecule has 202 valence electrons. The van der Waals surface area contributed by atoms with Crippen molar-refractivity contribution in [1.29, 1.82) is 0 Å². The van der Waals surface area contributed by atoms with Gasteiger partial charge in [-0.15, -0.1) is 0 Å². The van der Waals surface area contributed by atoms with Gasteiger partial charge in [-0.05, 0) is 54.8 Å². The van der Waals surface area contributed by atoms with E-state index in [0.717, 1.165) is 17.5 Å². The van der Waals surface area contributed by atoms with E-state index >= 15 is 0 Å². The first-order valence-electron chi connectivity index (χ1n) is 13.2. The molecule has 0 aromatic heterocycles. The van der Waals surface area contributed by atoms with Gasteiger partial charge in [0.2, 0.25) is 12.7 Å². The molecule has 3 aliphatic rings. The molecular weight excluding hydrogens is 500 g/mol. The first-order valence-corrected chi connectivity index (χ1v) is 13.2. The standard InChI is InChI=1S/C30H30N2O7/c33-16-27-29-23(14-21(38-27)15-28(34)31-11-10-18-4-2-1-3-5-18)22-13-20(7-9-24(22)39-29)32-30(35)19-6-8-25-26(12-19)37-17-36-25/h1-9,12-13,21,23,27,29,33H,10-11,14-17H2,(H,31,34)(H,32,35)/t21-,23-,27+,29+/m0/s1. The number of hydrogen-bond acceptors (Lipinski definition) is 7. The van der Waals surface area contributed by atoms with Crippen LogP contribution in [0.15, 0.2) is 66.7 Å². The number of aliphatic hydroxyl groups excluding tert-OH is 1. The number of benzene rings is 3. The number of aliphatic hydroxyl groups is 1. The summed E-state index contributed by atoms with van der Waals surface area (Å²) >= 11 is 0. The molecule has 0 bridgehead atoms. The maximum Gasteiger partial charge on any atom is 0.255 e. The molecule has 3 aromatic carbocycles. The number of carbonyl (C=O) groups excluding carboxylic acids is 2. The number of rotatable bonds is 8. The lowest BCUT2D eigenvalue weighted by molar-refractivity contribution is -0.142. The summed E-state index contributed by atoms with van der Waals surface area (Å²) in [7, 11) is 0. The maximum atomic E-state index is 12.9. The molecule has 3 aromatic rings. The zero-order chi connectivity index (χ0) is 26.8. The summed E-state index contributed by atoms with van der Waals surface area (Å²) in [5.41, 5.74) is 3.18. The minimum atomic E-state index is -0.551. The average molecular weight is 531 g/mol. The van der Waals surface area contributed by atoms with Crippen LogP contribution in [0.5, 0.6) is 17.2 Å². The summed E-state index contributed by atoms with van der Waals surface area (Å²) < 4.78 is 22.9. The number of anilines is 1. The van der Waals surface area contributed by atoms with E-state index in [1.165, 1.54) is 0 Å². The predicted molar refractivity (Wildman–Crippen MR) is 142 cm³/mol. The van der Waals surface area contributed by atoms with Crippen LogP contribution in [0.2, 0.25) is 0 Å². The summed E-state index contributed by atoms with van der Waals surface area (Å²) in [5.74, 6) is 1.42. The van der Waals surface area contributed by atoms with E-state index in [1.807, 2.05) is 42.5 Å². The lowest BCUT2D eigenvalue weighted by Crippen LogP contribution is -2.47. The van der Waals surface area contributed by atoms with Crippen molar-refractivity contribution in [2.24, 2.45) is 0 Å². The van der Waals surface area contributed by atoms with Crippen molar-refractivity contribution in [2.75, 3.05) is 25.3 Å². The number of hydrogen-bond donors (Lipinski definition) is 3. The smallest absolute Gasteiger partial charge is 0.255 e. The van der Waals surface area contributed by atoms with Crippen molar-refractivity contribution in [2.45, 2.75) is 43.5 Å². The van der Waals surface area contributed by atoms with Crippen molar-refractivity contribution in [3.8, 4) is 17.2 Å². The van der Waals surface area contributed by atoms with Gasteiger partial charge < -0.3 is 34.7 Å². The molecule has 39 heavy (non-hydrogen) atoms. The zero-order valence-corrected chi connectivity index (χ0v) is 21.3. The van der Waals surface area contributed by atoms with E-state index in [1.54, 1.807) is 24.3 Å². The second-order valence-electron chi connectivity index (χ2n) is 9.97. The molecule has 9 heteroatoms. The molecule has 9 nitrogen and oxygen atoms in total. The Morgan fingerprint density at radius 3 is 2.62 bits per heavy atom. The van der Waals surface area contributed by atoms with Crippen molar-refractivity contribution in [1.82, 2.24) is 5.32 Å². The lowest BCUT2D eigenvalue weighted by atomic mass is 9.84. The fraction of sp³-hybridized carbons (Fsp3) is 0.333. The normalized spacial score (nSPS) is 22.4. The predicted octanol–water partition coefficient (Wildman–Crippen LogP) is 3.41. The van der Waals surface area contributed by atoms with Crippen molar-refractivity contribution >= 4 is 17.5 Å². The SMILES string of the molecule is O=C(C[C@@H]1C[C@H]2c3cc(NC(=O)c4ccc5c(c4)OCO5)ccc3O[C@H]2[C@@H](CO)O1)NCCc1ccccc1. The highest BCUT2D eigenvalue weighted by atomic mass is 16.7. The van der Waals surface area contributed by atoms with E-state index in [0.29, 0.717) is 41.5 Å². The summed E-state index contributed by atoms with van der Waals surface area (Å²) in [6.07, 6.45) is 0.252. The van der Waals surface area contributed by atoms with Gasteiger partial charge in [0.25, 0.3) is 5.91 Å². The second kappa shape index (κ2) is 11.0. The van der Waals surface area contributed by atoms with Crippen molar-refractivity contribution in [3.05, 3.63) is 83.4 Å². The Kier molecular flexibility index (Phi) is 7.08. The van der Waals surface area contributed by atoms with Gasteiger partial charge in [-0.1, -0.05) is 30.3 Å². The third-order valence-corrected chi connectivity index (χ3v) is 7.38. The molecule has 3 aliphatic heterocycles. The van der Waals surface area contributed by atoms with Crippen LogP contribution in [0.4, 0.5) is 5.69 Å². The topological polar surface area (TPSA) is 115 Å². The summed E-state index contributed by atoms with van der Waals surface area (Å²) in [6.45, 7) is 0.473. The number of nitrogens with one attached hydrogen (secondary N) is 2. The van der Waals surface area contributed by atoms with Gasteiger partial charge in [0.1, 0.15) is 18.0 Å². The highest BCUT2D eigenvalue weighted by Gasteiger charge is 2.46. The number of amides is 2. The molecule has 4 atom stereocenters. The van der Waals surface area contributed by atoms with E-state index in [4.69, 9.17) is 18.9 Å². The van der Waals surface area contributed by atoms with Gasteiger partial charge in [0.15, 0.2) is 11.5 Å². The highest BCUT2D eigenvalue weighted by Crippen LogP contribution is 2.47. The van der Waals surface area contributed by atoms with Gasteiger partial charge >= 0.3 is 0 Å². The number of ether oxygens (including phenoxy) is 4. The largest absolute Gasteiger partial charge is 0.487 e. The van der Waals surface area contributed by atoms with Crippen LogP contribution in [0.3, 0.4) is 0 Å². The van der Waals surface area contributed by atoms with Gasteiger partial charge in [-0.3, -0.25) is 9.59 Å².